The molecule has 0 bridgehead atoms. The Morgan fingerprint density at radius 1 is 1.08 bits per heavy atom. The molecular formula is C18H18FN7. The fourth-order valence-corrected chi connectivity index (χ4v) is 3.22. The number of rotatable bonds is 5. The van der Waals surface area contributed by atoms with Gasteiger partial charge >= 0.3 is 0 Å². The van der Waals surface area contributed by atoms with Crippen molar-refractivity contribution in [3.63, 3.8) is 0 Å². The lowest BCUT2D eigenvalue weighted by molar-refractivity contribution is 0.0996. The topological polar surface area (TPSA) is 102 Å². The van der Waals surface area contributed by atoms with E-state index in [4.69, 9.17) is 5.73 Å². The van der Waals surface area contributed by atoms with Crippen LogP contribution in [0, 0.1) is 0 Å². The SMILES string of the molecule is Nc1ncc(-c2ccc(NCC3(c4ccccn4)CC(F)C3)nn2)cn1. The smallest absolute Gasteiger partial charge is 0.219 e. The van der Waals surface area contributed by atoms with E-state index in [1.807, 2.05) is 30.3 Å². The first-order chi connectivity index (χ1) is 12.6. The van der Waals surface area contributed by atoms with Crippen LogP contribution in [0.4, 0.5) is 16.2 Å². The monoisotopic (exact) mass is 351 g/mol. The standard InChI is InChI=1S/C18H18FN7/c19-13-7-18(8-13,15-3-1-2-6-21-15)11-24-16-5-4-14(25-26-16)12-9-22-17(20)23-10-12/h1-6,9-10,13H,7-8,11H2,(H,24,26)(H2,20,22,23). The van der Waals surface area contributed by atoms with Crippen LogP contribution in [0.2, 0.25) is 0 Å². The molecule has 132 valence electrons. The van der Waals surface area contributed by atoms with E-state index in [1.54, 1.807) is 18.6 Å². The van der Waals surface area contributed by atoms with Crippen molar-refractivity contribution in [1.82, 2.24) is 25.1 Å². The average molecular weight is 351 g/mol. The molecule has 0 spiro atoms. The van der Waals surface area contributed by atoms with E-state index >= 15 is 0 Å². The third-order valence-electron chi connectivity index (χ3n) is 4.67. The summed E-state index contributed by atoms with van der Waals surface area (Å²) in [6.45, 7) is 0.559. The molecular weight excluding hydrogens is 333 g/mol. The van der Waals surface area contributed by atoms with Crippen LogP contribution in [0.25, 0.3) is 11.3 Å². The van der Waals surface area contributed by atoms with Crippen LogP contribution < -0.4 is 11.1 Å². The molecule has 4 rings (SSSR count). The number of alkyl halides is 1. The molecule has 7 nitrogen and oxygen atoms in total. The predicted molar refractivity (Wildman–Crippen MR) is 96.0 cm³/mol. The van der Waals surface area contributed by atoms with E-state index in [0.717, 1.165) is 11.3 Å². The first-order valence-corrected chi connectivity index (χ1v) is 8.36. The quantitative estimate of drug-likeness (QED) is 0.727. The van der Waals surface area contributed by atoms with Crippen LogP contribution in [-0.4, -0.2) is 37.9 Å². The molecule has 0 aromatic carbocycles. The first-order valence-electron chi connectivity index (χ1n) is 8.36. The molecule has 26 heavy (non-hydrogen) atoms. The van der Waals surface area contributed by atoms with Crippen LogP contribution in [0.3, 0.4) is 0 Å². The summed E-state index contributed by atoms with van der Waals surface area (Å²) in [6.07, 6.45) is 5.09. The highest BCUT2D eigenvalue weighted by molar-refractivity contribution is 5.57. The molecule has 1 saturated carbocycles. The highest BCUT2D eigenvalue weighted by Crippen LogP contribution is 2.44. The zero-order chi connectivity index (χ0) is 18.0. The summed E-state index contributed by atoms with van der Waals surface area (Å²) >= 11 is 0. The Morgan fingerprint density at radius 3 is 2.50 bits per heavy atom. The molecule has 0 saturated heterocycles. The summed E-state index contributed by atoms with van der Waals surface area (Å²) in [5, 5.41) is 11.6. The number of nitrogens with one attached hydrogen (secondary N) is 1. The number of nitrogens with two attached hydrogens (primary N) is 1. The first kappa shape index (κ1) is 16.3. The maximum Gasteiger partial charge on any atom is 0.219 e. The number of anilines is 2. The lowest BCUT2D eigenvalue weighted by Gasteiger charge is -2.43. The van der Waals surface area contributed by atoms with Crippen molar-refractivity contribution in [3.05, 3.63) is 54.6 Å². The molecule has 0 radical (unpaired) electrons. The summed E-state index contributed by atoms with van der Waals surface area (Å²) in [5.74, 6) is 0.842. The maximum atomic E-state index is 13.6. The van der Waals surface area contributed by atoms with Crippen LogP contribution >= 0.6 is 0 Å². The Balaban J connectivity index is 1.46. The second-order valence-corrected chi connectivity index (χ2v) is 6.49. The highest BCUT2D eigenvalue weighted by Gasteiger charge is 2.46. The largest absolute Gasteiger partial charge is 0.368 e. The molecule has 3 aromatic heterocycles. The molecule has 0 amide bonds. The highest BCUT2D eigenvalue weighted by atomic mass is 19.1. The number of pyridine rings is 1. The number of aromatic nitrogens is 5. The Morgan fingerprint density at radius 2 is 1.88 bits per heavy atom. The minimum absolute atomic E-state index is 0.214. The molecule has 3 heterocycles. The molecule has 1 aliphatic carbocycles. The molecule has 0 aliphatic heterocycles. The molecule has 8 heteroatoms. The maximum absolute atomic E-state index is 13.6. The molecule has 0 atom stereocenters. The zero-order valence-corrected chi connectivity index (χ0v) is 14.0. The summed E-state index contributed by atoms with van der Waals surface area (Å²) in [5.41, 5.74) is 7.49. The van der Waals surface area contributed by atoms with Gasteiger partial charge in [0, 0.05) is 41.8 Å². The normalized spacial score (nSPS) is 21.8. The van der Waals surface area contributed by atoms with E-state index in [0.29, 0.717) is 30.9 Å². The molecule has 3 aromatic rings. The van der Waals surface area contributed by atoms with Gasteiger partial charge in [0.15, 0.2) is 0 Å². The van der Waals surface area contributed by atoms with Crippen molar-refractivity contribution < 1.29 is 4.39 Å². The zero-order valence-electron chi connectivity index (χ0n) is 14.0. The van der Waals surface area contributed by atoms with E-state index < -0.39 is 6.17 Å². The second-order valence-electron chi connectivity index (χ2n) is 6.49. The Hall–Kier alpha value is -3.16. The minimum Gasteiger partial charge on any atom is -0.368 e. The molecule has 0 unspecified atom stereocenters. The van der Waals surface area contributed by atoms with Gasteiger partial charge in [-0.3, -0.25) is 4.98 Å². The Labute approximate surface area is 149 Å². The van der Waals surface area contributed by atoms with Crippen molar-refractivity contribution in [2.24, 2.45) is 0 Å². The number of nitrogens with zero attached hydrogens (tertiary/aromatic N) is 5. The van der Waals surface area contributed by atoms with Crippen LogP contribution in [-0.2, 0) is 5.41 Å². The van der Waals surface area contributed by atoms with E-state index in [2.05, 4.69) is 30.5 Å². The van der Waals surface area contributed by atoms with Gasteiger partial charge in [-0.15, -0.1) is 10.2 Å². The van der Waals surface area contributed by atoms with Crippen molar-refractivity contribution in [2.75, 3.05) is 17.6 Å². The van der Waals surface area contributed by atoms with Gasteiger partial charge in [0.1, 0.15) is 12.0 Å². The van der Waals surface area contributed by atoms with Gasteiger partial charge in [0.2, 0.25) is 5.95 Å². The fraction of sp³-hybridized carbons (Fsp3) is 0.278. The van der Waals surface area contributed by atoms with Gasteiger partial charge in [-0.2, -0.15) is 0 Å². The van der Waals surface area contributed by atoms with E-state index in [1.165, 1.54) is 0 Å². The Kier molecular flexibility index (Phi) is 4.16. The predicted octanol–water partition coefficient (Wildman–Crippen LogP) is 2.39. The minimum atomic E-state index is -0.780. The number of halogens is 1. The number of hydrogen-bond donors (Lipinski definition) is 2. The summed E-state index contributed by atoms with van der Waals surface area (Å²) in [6, 6.07) is 9.40. The summed E-state index contributed by atoms with van der Waals surface area (Å²) in [7, 11) is 0. The van der Waals surface area contributed by atoms with Gasteiger partial charge in [-0.05, 0) is 37.1 Å². The van der Waals surface area contributed by atoms with Gasteiger partial charge in [0.25, 0.3) is 0 Å². The van der Waals surface area contributed by atoms with Crippen molar-refractivity contribution in [2.45, 2.75) is 24.4 Å². The van der Waals surface area contributed by atoms with Gasteiger partial charge < -0.3 is 11.1 Å². The van der Waals surface area contributed by atoms with Gasteiger partial charge in [-0.25, -0.2) is 14.4 Å². The molecule has 3 N–H and O–H groups in total. The third kappa shape index (κ3) is 3.17. The van der Waals surface area contributed by atoms with Crippen LogP contribution in [0.5, 0.6) is 0 Å². The van der Waals surface area contributed by atoms with Crippen LogP contribution in [0.15, 0.2) is 48.9 Å². The lowest BCUT2D eigenvalue weighted by atomic mass is 9.65. The Bertz CT molecular complexity index is 862. The lowest BCUT2D eigenvalue weighted by Crippen LogP contribution is -2.48. The van der Waals surface area contributed by atoms with Crippen molar-refractivity contribution in [1.29, 1.82) is 0 Å². The van der Waals surface area contributed by atoms with E-state index in [9.17, 15) is 4.39 Å². The third-order valence-corrected chi connectivity index (χ3v) is 4.67. The second kappa shape index (κ2) is 6.62. The van der Waals surface area contributed by atoms with Crippen molar-refractivity contribution >= 4 is 11.8 Å². The average Bonchev–Trinajstić information content (AvgIpc) is 2.66. The van der Waals surface area contributed by atoms with Gasteiger partial charge in [-0.1, -0.05) is 6.07 Å². The number of nitrogen functional groups attached to an aromatic ring is 1. The molecule has 1 fully saturated rings. The summed E-state index contributed by atoms with van der Waals surface area (Å²) in [4.78, 5) is 12.3. The summed E-state index contributed by atoms with van der Waals surface area (Å²) < 4.78 is 13.6. The van der Waals surface area contributed by atoms with Gasteiger partial charge in [0.05, 0.1) is 5.69 Å². The molecule has 1 aliphatic rings. The van der Waals surface area contributed by atoms with E-state index in [-0.39, 0.29) is 11.4 Å². The van der Waals surface area contributed by atoms with Crippen molar-refractivity contribution in [3.8, 4) is 11.3 Å². The number of hydrogen-bond acceptors (Lipinski definition) is 7. The van der Waals surface area contributed by atoms with Crippen LogP contribution in [0.1, 0.15) is 18.5 Å². The fourth-order valence-electron chi connectivity index (χ4n) is 3.22.